The number of carbonyl (C=O) groups excluding carboxylic acids is 1. The lowest BCUT2D eigenvalue weighted by atomic mass is 10.1. The van der Waals surface area contributed by atoms with Gasteiger partial charge < -0.3 is 19.7 Å². The highest BCUT2D eigenvalue weighted by Crippen LogP contribution is 2.36. The van der Waals surface area contributed by atoms with Gasteiger partial charge in [0.25, 0.3) is 5.91 Å². The summed E-state index contributed by atoms with van der Waals surface area (Å²) in [5.74, 6) is 1.49. The van der Waals surface area contributed by atoms with Crippen LogP contribution in [0.15, 0.2) is 23.6 Å². The van der Waals surface area contributed by atoms with E-state index >= 15 is 0 Å². The van der Waals surface area contributed by atoms with Crippen LogP contribution in [0.4, 0.5) is 0 Å². The SMILES string of the molecule is CNC1CCCN(C(=O)c2csc(-c3ccc4c(c3)OCO4)n2)C1.Cl.Cl. The summed E-state index contributed by atoms with van der Waals surface area (Å²) in [5, 5.41) is 5.91. The van der Waals surface area contributed by atoms with E-state index in [9.17, 15) is 4.79 Å². The number of ether oxygens (including phenoxy) is 2. The fraction of sp³-hybridized carbons (Fsp3) is 0.412. The number of amides is 1. The zero-order valence-electron chi connectivity index (χ0n) is 14.3. The standard InChI is InChI=1S/C17H19N3O3S.2ClH/c1-18-12-3-2-6-20(8-12)17(21)13-9-24-16(19-13)11-4-5-14-15(7-11)23-10-22-14;;/h4-5,7,9,12,18H,2-3,6,8,10H2,1H3;2*1H. The summed E-state index contributed by atoms with van der Waals surface area (Å²) in [4.78, 5) is 19.1. The van der Waals surface area contributed by atoms with Gasteiger partial charge >= 0.3 is 0 Å². The van der Waals surface area contributed by atoms with E-state index in [2.05, 4.69) is 10.3 Å². The van der Waals surface area contributed by atoms with Gasteiger partial charge in [-0.15, -0.1) is 36.2 Å². The second-order valence-electron chi connectivity index (χ2n) is 5.98. The van der Waals surface area contributed by atoms with Gasteiger partial charge in [0.1, 0.15) is 10.7 Å². The first kappa shape index (κ1) is 20.8. The molecular weight excluding hydrogens is 397 g/mol. The van der Waals surface area contributed by atoms with Crippen molar-refractivity contribution in [2.24, 2.45) is 0 Å². The van der Waals surface area contributed by atoms with Crippen LogP contribution < -0.4 is 14.8 Å². The molecule has 1 aromatic carbocycles. The summed E-state index contributed by atoms with van der Waals surface area (Å²) in [6.07, 6.45) is 2.14. The average molecular weight is 418 g/mol. The van der Waals surface area contributed by atoms with Crippen LogP contribution in [-0.4, -0.2) is 48.8 Å². The van der Waals surface area contributed by atoms with Gasteiger partial charge in [-0.05, 0) is 38.1 Å². The van der Waals surface area contributed by atoms with E-state index in [0.29, 0.717) is 11.7 Å². The number of likely N-dealkylation sites (N-methyl/N-ethyl adjacent to an activating group) is 1. The molecule has 1 atom stereocenters. The molecule has 1 unspecified atom stereocenters. The number of aromatic nitrogens is 1. The number of carbonyl (C=O) groups is 1. The van der Waals surface area contributed by atoms with E-state index in [4.69, 9.17) is 9.47 Å². The summed E-state index contributed by atoms with van der Waals surface area (Å²) in [6, 6.07) is 6.10. The smallest absolute Gasteiger partial charge is 0.273 e. The Balaban J connectivity index is 0.00000121. The fourth-order valence-electron chi connectivity index (χ4n) is 3.09. The lowest BCUT2D eigenvalue weighted by Gasteiger charge is -2.32. The molecule has 0 bridgehead atoms. The number of hydrogen-bond acceptors (Lipinski definition) is 6. The highest BCUT2D eigenvalue weighted by Gasteiger charge is 2.25. The summed E-state index contributed by atoms with van der Waals surface area (Å²) in [6.45, 7) is 1.79. The zero-order chi connectivity index (χ0) is 16.5. The monoisotopic (exact) mass is 417 g/mol. The van der Waals surface area contributed by atoms with Gasteiger partial charge in [-0.1, -0.05) is 0 Å². The molecule has 1 N–H and O–H groups in total. The fourth-order valence-corrected chi connectivity index (χ4v) is 3.88. The molecule has 0 spiro atoms. The van der Waals surface area contributed by atoms with E-state index in [1.807, 2.05) is 35.5 Å². The predicted octanol–water partition coefficient (Wildman–Crippen LogP) is 3.21. The Morgan fingerprint density at radius 3 is 2.92 bits per heavy atom. The number of rotatable bonds is 3. The minimum atomic E-state index is 0. The molecule has 4 rings (SSSR count). The van der Waals surface area contributed by atoms with E-state index in [0.717, 1.165) is 48.0 Å². The van der Waals surface area contributed by atoms with Gasteiger partial charge in [0.05, 0.1) is 0 Å². The van der Waals surface area contributed by atoms with Crippen LogP contribution in [0.2, 0.25) is 0 Å². The summed E-state index contributed by atoms with van der Waals surface area (Å²) in [5.41, 5.74) is 1.46. The Kier molecular flexibility index (Phi) is 7.11. The number of benzene rings is 1. The van der Waals surface area contributed by atoms with Crippen molar-refractivity contribution in [3.8, 4) is 22.1 Å². The summed E-state index contributed by atoms with van der Waals surface area (Å²) < 4.78 is 10.7. The van der Waals surface area contributed by atoms with Gasteiger partial charge in [0.2, 0.25) is 6.79 Å². The lowest BCUT2D eigenvalue weighted by Crippen LogP contribution is -2.47. The highest BCUT2D eigenvalue weighted by atomic mass is 35.5. The Hall–Kier alpha value is -1.54. The first-order valence-corrected chi connectivity index (χ1v) is 8.94. The van der Waals surface area contributed by atoms with Gasteiger partial charge in [-0.2, -0.15) is 0 Å². The third-order valence-electron chi connectivity index (χ3n) is 4.46. The van der Waals surface area contributed by atoms with Crippen molar-refractivity contribution in [2.75, 3.05) is 26.9 Å². The number of fused-ring (bicyclic) bond motifs is 1. The summed E-state index contributed by atoms with van der Waals surface area (Å²) in [7, 11) is 1.94. The summed E-state index contributed by atoms with van der Waals surface area (Å²) >= 11 is 1.48. The third kappa shape index (κ3) is 4.06. The van der Waals surface area contributed by atoms with Crippen molar-refractivity contribution < 1.29 is 14.3 Å². The molecule has 1 saturated heterocycles. The Labute approximate surface area is 168 Å². The molecule has 0 radical (unpaired) electrons. The van der Waals surface area contributed by atoms with Crippen molar-refractivity contribution in [1.82, 2.24) is 15.2 Å². The Morgan fingerprint density at radius 2 is 2.12 bits per heavy atom. The predicted molar refractivity (Wildman–Crippen MR) is 106 cm³/mol. The van der Waals surface area contributed by atoms with Crippen LogP contribution in [0, 0.1) is 0 Å². The maximum atomic E-state index is 12.7. The van der Waals surface area contributed by atoms with Crippen LogP contribution in [-0.2, 0) is 0 Å². The number of hydrogen-bond donors (Lipinski definition) is 1. The molecule has 0 saturated carbocycles. The maximum absolute atomic E-state index is 12.7. The number of nitrogens with one attached hydrogen (secondary N) is 1. The zero-order valence-corrected chi connectivity index (χ0v) is 16.7. The largest absolute Gasteiger partial charge is 0.454 e. The molecule has 1 fully saturated rings. The topological polar surface area (TPSA) is 63.7 Å². The van der Waals surface area contributed by atoms with Gasteiger partial charge in [0, 0.05) is 30.1 Å². The Morgan fingerprint density at radius 1 is 1.31 bits per heavy atom. The van der Waals surface area contributed by atoms with Crippen LogP contribution in [0.5, 0.6) is 11.5 Å². The van der Waals surface area contributed by atoms with Crippen LogP contribution in [0.1, 0.15) is 23.3 Å². The molecule has 0 aliphatic carbocycles. The van der Waals surface area contributed by atoms with Crippen molar-refractivity contribution in [1.29, 1.82) is 0 Å². The average Bonchev–Trinajstić information content (AvgIpc) is 3.29. The molecule has 2 aromatic rings. The molecule has 9 heteroatoms. The number of thiazole rings is 1. The first-order valence-electron chi connectivity index (χ1n) is 8.06. The van der Waals surface area contributed by atoms with Crippen LogP contribution >= 0.6 is 36.2 Å². The van der Waals surface area contributed by atoms with Gasteiger partial charge in [-0.25, -0.2) is 4.98 Å². The maximum Gasteiger partial charge on any atom is 0.273 e. The lowest BCUT2D eigenvalue weighted by molar-refractivity contribution is 0.0693. The van der Waals surface area contributed by atoms with E-state index in [1.165, 1.54) is 11.3 Å². The molecule has 26 heavy (non-hydrogen) atoms. The molecule has 1 aromatic heterocycles. The van der Waals surface area contributed by atoms with Crippen molar-refractivity contribution >= 4 is 42.1 Å². The molecule has 2 aliphatic rings. The Bertz CT molecular complexity index is 771. The van der Waals surface area contributed by atoms with Crippen LogP contribution in [0.3, 0.4) is 0 Å². The second kappa shape index (κ2) is 8.90. The van der Waals surface area contributed by atoms with E-state index in [1.54, 1.807) is 0 Å². The normalized spacial score (nSPS) is 18.0. The number of piperidine rings is 1. The van der Waals surface area contributed by atoms with E-state index < -0.39 is 0 Å². The minimum Gasteiger partial charge on any atom is -0.454 e. The number of nitrogens with zero attached hydrogens (tertiary/aromatic N) is 2. The molecule has 1 amide bonds. The van der Waals surface area contributed by atoms with Crippen molar-refractivity contribution in [2.45, 2.75) is 18.9 Å². The van der Waals surface area contributed by atoms with E-state index in [-0.39, 0.29) is 37.5 Å². The van der Waals surface area contributed by atoms with Crippen molar-refractivity contribution in [3.63, 3.8) is 0 Å². The quantitative estimate of drug-likeness (QED) is 0.830. The van der Waals surface area contributed by atoms with Gasteiger partial charge in [-0.3, -0.25) is 4.79 Å². The molecule has 3 heterocycles. The second-order valence-corrected chi connectivity index (χ2v) is 6.84. The van der Waals surface area contributed by atoms with Crippen molar-refractivity contribution in [3.05, 3.63) is 29.3 Å². The number of likely N-dealkylation sites (tertiary alicyclic amines) is 1. The minimum absolute atomic E-state index is 0. The van der Waals surface area contributed by atoms with Gasteiger partial charge in [0.15, 0.2) is 11.5 Å². The molecule has 142 valence electrons. The third-order valence-corrected chi connectivity index (χ3v) is 5.35. The first-order chi connectivity index (χ1) is 11.7. The highest BCUT2D eigenvalue weighted by molar-refractivity contribution is 7.13. The molecule has 6 nitrogen and oxygen atoms in total. The van der Waals surface area contributed by atoms with Crippen LogP contribution in [0.25, 0.3) is 10.6 Å². The molecule has 2 aliphatic heterocycles. The number of halogens is 2. The molecular formula is C17H21Cl2N3O3S.